The van der Waals surface area contributed by atoms with E-state index in [4.69, 9.17) is 10.0 Å². The van der Waals surface area contributed by atoms with Crippen molar-refractivity contribution in [3.63, 3.8) is 0 Å². The number of benzene rings is 1. The Kier molecular flexibility index (Phi) is 3.14. The lowest BCUT2D eigenvalue weighted by molar-refractivity contribution is 0.425. The first-order valence-corrected chi connectivity index (χ1v) is 4.56. The van der Waals surface area contributed by atoms with Gasteiger partial charge in [-0.25, -0.2) is 4.39 Å². The third kappa shape index (κ3) is 2.23. The average molecular weight is 186 g/mol. The molecule has 0 saturated heterocycles. The van der Waals surface area contributed by atoms with Gasteiger partial charge in [-0.1, -0.05) is 0 Å². The van der Waals surface area contributed by atoms with Crippen LogP contribution in [-0.2, 0) is 0 Å². The highest BCUT2D eigenvalue weighted by Gasteiger charge is 2.12. The van der Waals surface area contributed by atoms with Crippen LogP contribution in [0, 0.1) is 5.82 Å². The Hall–Kier alpha value is -0.515. The lowest BCUT2D eigenvalue weighted by Gasteiger charge is -2.02. The van der Waals surface area contributed by atoms with E-state index in [1.807, 2.05) is 0 Å². The van der Waals surface area contributed by atoms with Gasteiger partial charge in [0.25, 0.3) is 0 Å². The van der Waals surface area contributed by atoms with Crippen molar-refractivity contribution in [3.05, 3.63) is 24.0 Å². The molecule has 0 aliphatic heterocycles. The first kappa shape index (κ1) is 9.57. The molecular weight excluding hydrogens is 178 g/mol. The molecule has 0 heterocycles. The molecule has 0 aliphatic carbocycles. The molecule has 2 N–H and O–H groups in total. The molecule has 1 rings (SSSR count). The minimum absolute atomic E-state index is 0.180. The Balaban J connectivity index is 3.06. The van der Waals surface area contributed by atoms with Crippen molar-refractivity contribution >= 4 is 24.3 Å². The van der Waals surface area contributed by atoms with Crippen LogP contribution in [0.15, 0.2) is 23.1 Å². The van der Waals surface area contributed by atoms with Gasteiger partial charge in [-0.3, -0.25) is 0 Å². The average Bonchev–Trinajstić information content (AvgIpc) is 2.03. The van der Waals surface area contributed by atoms with Gasteiger partial charge in [0, 0.05) is 4.90 Å². The molecule has 0 fully saturated rings. The molecule has 0 amide bonds. The molecule has 64 valence electrons. The third-order valence-electron chi connectivity index (χ3n) is 1.43. The number of hydrogen-bond acceptors (Lipinski definition) is 3. The molecule has 12 heavy (non-hydrogen) atoms. The molecular formula is C7H8BFO2S. The normalized spacial score (nSPS) is 10.0. The van der Waals surface area contributed by atoms with Crippen molar-refractivity contribution in [1.82, 2.24) is 0 Å². The van der Waals surface area contributed by atoms with Crippen molar-refractivity contribution in [2.24, 2.45) is 0 Å². The van der Waals surface area contributed by atoms with E-state index >= 15 is 0 Å². The summed E-state index contributed by atoms with van der Waals surface area (Å²) in [6, 6.07) is 3.99. The smallest absolute Gasteiger partial charge is 0.423 e. The monoisotopic (exact) mass is 186 g/mol. The summed E-state index contributed by atoms with van der Waals surface area (Å²) in [4.78, 5) is 0.679. The standard InChI is InChI=1S/C7H8BFO2S/c1-12-7-3-5(8(10)11)2-6(9)4-7/h2-4,10-11H,1H3. The van der Waals surface area contributed by atoms with Gasteiger partial charge >= 0.3 is 7.12 Å². The van der Waals surface area contributed by atoms with Crippen molar-refractivity contribution in [3.8, 4) is 0 Å². The lowest BCUT2D eigenvalue weighted by atomic mass is 9.80. The molecule has 5 heteroatoms. The number of rotatable bonds is 2. The van der Waals surface area contributed by atoms with Crippen LogP contribution >= 0.6 is 11.8 Å². The second-order valence-corrected chi connectivity index (χ2v) is 3.18. The Bertz CT molecular complexity index is 280. The number of halogens is 1. The Morgan fingerprint density at radius 2 is 2.00 bits per heavy atom. The molecule has 0 aliphatic rings. The highest BCUT2D eigenvalue weighted by molar-refractivity contribution is 7.98. The van der Waals surface area contributed by atoms with E-state index in [2.05, 4.69) is 0 Å². The highest BCUT2D eigenvalue weighted by Crippen LogP contribution is 2.13. The van der Waals surface area contributed by atoms with Crippen molar-refractivity contribution in [2.45, 2.75) is 4.90 Å². The van der Waals surface area contributed by atoms with E-state index < -0.39 is 12.9 Å². The summed E-state index contributed by atoms with van der Waals surface area (Å²) in [6.45, 7) is 0. The first-order valence-electron chi connectivity index (χ1n) is 3.34. The molecule has 0 atom stereocenters. The highest BCUT2D eigenvalue weighted by atomic mass is 32.2. The summed E-state index contributed by atoms with van der Waals surface area (Å²) in [6.07, 6.45) is 1.79. The molecule has 0 radical (unpaired) electrons. The minimum atomic E-state index is -1.61. The van der Waals surface area contributed by atoms with Crippen molar-refractivity contribution in [2.75, 3.05) is 6.26 Å². The van der Waals surface area contributed by atoms with Gasteiger partial charge in [0.1, 0.15) is 5.82 Å². The summed E-state index contributed by atoms with van der Waals surface area (Å²) in [5.41, 5.74) is 0.180. The lowest BCUT2D eigenvalue weighted by Crippen LogP contribution is -2.30. The van der Waals surface area contributed by atoms with Gasteiger partial charge in [0.15, 0.2) is 0 Å². The van der Waals surface area contributed by atoms with Crippen LogP contribution in [-0.4, -0.2) is 23.4 Å². The van der Waals surface area contributed by atoms with E-state index in [-0.39, 0.29) is 5.46 Å². The van der Waals surface area contributed by atoms with E-state index in [1.54, 1.807) is 12.3 Å². The molecule has 0 bridgehead atoms. The topological polar surface area (TPSA) is 40.5 Å². The fourth-order valence-corrected chi connectivity index (χ4v) is 1.34. The van der Waals surface area contributed by atoms with Crippen LogP contribution < -0.4 is 5.46 Å². The zero-order chi connectivity index (χ0) is 9.14. The number of thioether (sulfide) groups is 1. The fourth-order valence-electron chi connectivity index (χ4n) is 0.851. The summed E-state index contributed by atoms with van der Waals surface area (Å²) >= 11 is 1.35. The van der Waals surface area contributed by atoms with Crippen LogP contribution in [0.4, 0.5) is 4.39 Å². The maximum atomic E-state index is 12.7. The van der Waals surface area contributed by atoms with Crippen LogP contribution in [0.1, 0.15) is 0 Å². The van der Waals surface area contributed by atoms with Crippen molar-refractivity contribution < 1.29 is 14.4 Å². The second kappa shape index (κ2) is 3.93. The Morgan fingerprint density at radius 1 is 1.33 bits per heavy atom. The number of hydrogen-bond donors (Lipinski definition) is 2. The van der Waals surface area contributed by atoms with Gasteiger partial charge in [-0.05, 0) is 29.9 Å². The van der Waals surface area contributed by atoms with E-state index in [1.165, 1.54) is 17.8 Å². The van der Waals surface area contributed by atoms with Crippen molar-refractivity contribution in [1.29, 1.82) is 0 Å². The zero-order valence-corrected chi connectivity index (χ0v) is 7.31. The van der Waals surface area contributed by atoms with Gasteiger partial charge in [0.05, 0.1) is 0 Å². The Labute approximate surface area is 74.6 Å². The maximum Gasteiger partial charge on any atom is 0.488 e. The minimum Gasteiger partial charge on any atom is -0.423 e. The molecule has 1 aromatic rings. The van der Waals surface area contributed by atoms with E-state index in [0.29, 0.717) is 4.90 Å². The fraction of sp³-hybridized carbons (Fsp3) is 0.143. The molecule has 1 aromatic carbocycles. The van der Waals surface area contributed by atoms with Crippen LogP contribution in [0.3, 0.4) is 0 Å². The van der Waals surface area contributed by atoms with Gasteiger partial charge in [0.2, 0.25) is 0 Å². The second-order valence-electron chi connectivity index (χ2n) is 2.30. The van der Waals surface area contributed by atoms with E-state index in [9.17, 15) is 4.39 Å². The third-order valence-corrected chi connectivity index (χ3v) is 2.13. The summed E-state index contributed by atoms with van der Waals surface area (Å²) in [5.74, 6) is -0.454. The van der Waals surface area contributed by atoms with E-state index in [0.717, 1.165) is 6.07 Å². The van der Waals surface area contributed by atoms with Gasteiger partial charge in [-0.15, -0.1) is 11.8 Å². The quantitative estimate of drug-likeness (QED) is 0.513. The molecule has 0 aromatic heterocycles. The SMILES string of the molecule is CSc1cc(F)cc(B(O)O)c1. The van der Waals surface area contributed by atoms with Gasteiger partial charge < -0.3 is 10.0 Å². The van der Waals surface area contributed by atoms with Gasteiger partial charge in [-0.2, -0.15) is 0 Å². The Morgan fingerprint density at radius 3 is 2.50 bits per heavy atom. The predicted octanol–water partition coefficient (Wildman–Crippen LogP) is 0.227. The summed E-state index contributed by atoms with van der Waals surface area (Å²) in [7, 11) is -1.61. The first-order chi connectivity index (χ1) is 5.63. The molecule has 2 nitrogen and oxygen atoms in total. The summed E-state index contributed by atoms with van der Waals surface area (Å²) in [5, 5.41) is 17.5. The molecule has 0 unspecified atom stereocenters. The summed E-state index contributed by atoms with van der Waals surface area (Å²) < 4.78 is 12.7. The van der Waals surface area contributed by atoms with Crippen LogP contribution in [0.5, 0.6) is 0 Å². The maximum absolute atomic E-state index is 12.7. The predicted molar refractivity (Wildman–Crippen MR) is 48.0 cm³/mol. The zero-order valence-electron chi connectivity index (χ0n) is 6.49. The largest absolute Gasteiger partial charge is 0.488 e. The van der Waals surface area contributed by atoms with Crippen LogP contribution in [0.25, 0.3) is 0 Å². The molecule has 0 saturated carbocycles. The van der Waals surface area contributed by atoms with Crippen LogP contribution in [0.2, 0.25) is 0 Å². The molecule has 0 spiro atoms.